The second kappa shape index (κ2) is 6.16. The molecule has 0 bridgehead atoms. The Morgan fingerprint density at radius 2 is 1.96 bits per heavy atom. The fourth-order valence-corrected chi connectivity index (χ4v) is 4.30. The van der Waals surface area contributed by atoms with Crippen LogP contribution in [-0.2, 0) is 27.7 Å². The zero-order chi connectivity index (χ0) is 17.4. The molecule has 4 rings (SSSR count). The highest BCUT2D eigenvalue weighted by molar-refractivity contribution is 7.89. The minimum atomic E-state index is -3.62. The maximum Gasteiger partial charge on any atom is 0.240 e. The molecule has 2 aliphatic rings. The molecule has 0 aromatic heterocycles. The lowest BCUT2D eigenvalue weighted by atomic mass is 10.0. The molecule has 0 saturated carbocycles. The summed E-state index contributed by atoms with van der Waals surface area (Å²) < 4.78 is 33.5. The van der Waals surface area contributed by atoms with Crippen LogP contribution < -0.4 is 14.8 Å². The zero-order valence-electron chi connectivity index (χ0n) is 13.5. The average molecular weight is 358 g/mol. The summed E-state index contributed by atoms with van der Waals surface area (Å²) in [5.74, 6) is 0.774. The van der Waals surface area contributed by atoms with Crippen molar-refractivity contribution >= 4 is 21.6 Å². The summed E-state index contributed by atoms with van der Waals surface area (Å²) in [6.45, 7) is 0.213. The van der Waals surface area contributed by atoms with Gasteiger partial charge in [0.2, 0.25) is 15.9 Å². The minimum Gasteiger partial charge on any atom is -0.488 e. The first kappa shape index (κ1) is 16.1. The monoisotopic (exact) mass is 358 g/mol. The molecule has 7 heteroatoms. The van der Waals surface area contributed by atoms with Gasteiger partial charge >= 0.3 is 0 Å². The number of aryl methyl sites for hydroxylation is 1. The van der Waals surface area contributed by atoms with Gasteiger partial charge in [-0.15, -0.1) is 0 Å². The van der Waals surface area contributed by atoms with Crippen LogP contribution in [0.25, 0.3) is 0 Å². The molecule has 1 atom stereocenters. The van der Waals surface area contributed by atoms with Crippen LogP contribution in [0.15, 0.2) is 47.4 Å². The number of hydrogen-bond donors (Lipinski definition) is 2. The standard InChI is InChI=1S/C18H18N2O4S/c21-18-8-5-12-10-15(6-7-16(12)20-18)25(22,23)19-11-14-9-13-3-1-2-4-17(13)24-14/h1-4,6-7,10,14,19H,5,8-9,11H2,(H,20,21)/t14-/m0/s1. The Bertz CT molecular complexity index is 915. The summed E-state index contributed by atoms with van der Waals surface area (Å²) >= 11 is 0. The lowest BCUT2D eigenvalue weighted by Crippen LogP contribution is -2.34. The van der Waals surface area contributed by atoms with E-state index in [-0.39, 0.29) is 23.5 Å². The molecule has 25 heavy (non-hydrogen) atoms. The molecule has 0 fully saturated rings. The molecule has 0 spiro atoms. The Hall–Kier alpha value is -2.38. The summed E-state index contributed by atoms with van der Waals surface area (Å²) in [7, 11) is -3.62. The molecule has 2 heterocycles. The van der Waals surface area contributed by atoms with Crippen molar-refractivity contribution in [1.82, 2.24) is 4.72 Å². The van der Waals surface area contributed by atoms with Crippen molar-refractivity contribution in [3.63, 3.8) is 0 Å². The zero-order valence-corrected chi connectivity index (χ0v) is 14.3. The van der Waals surface area contributed by atoms with E-state index >= 15 is 0 Å². The molecule has 2 aromatic carbocycles. The summed E-state index contributed by atoms with van der Waals surface area (Å²) in [5.41, 5.74) is 2.62. The van der Waals surface area contributed by atoms with Crippen molar-refractivity contribution in [2.24, 2.45) is 0 Å². The predicted molar refractivity (Wildman–Crippen MR) is 93.1 cm³/mol. The van der Waals surface area contributed by atoms with Crippen molar-refractivity contribution in [2.75, 3.05) is 11.9 Å². The van der Waals surface area contributed by atoms with E-state index in [1.807, 2.05) is 24.3 Å². The molecule has 0 radical (unpaired) electrons. The van der Waals surface area contributed by atoms with Crippen LogP contribution in [0.4, 0.5) is 5.69 Å². The molecule has 2 aromatic rings. The highest BCUT2D eigenvalue weighted by Crippen LogP contribution is 2.28. The van der Waals surface area contributed by atoms with E-state index in [0.29, 0.717) is 24.9 Å². The van der Waals surface area contributed by atoms with E-state index in [1.54, 1.807) is 12.1 Å². The Labute approximate surface area is 146 Å². The molecular weight excluding hydrogens is 340 g/mol. The smallest absolute Gasteiger partial charge is 0.240 e. The van der Waals surface area contributed by atoms with Crippen molar-refractivity contribution < 1.29 is 17.9 Å². The first-order valence-corrected chi connectivity index (χ1v) is 9.66. The normalized spacial score (nSPS) is 18.9. The first-order chi connectivity index (χ1) is 12.0. The second-order valence-corrected chi connectivity index (χ2v) is 8.04. The largest absolute Gasteiger partial charge is 0.488 e. The van der Waals surface area contributed by atoms with Crippen LogP contribution >= 0.6 is 0 Å². The lowest BCUT2D eigenvalue weighted by molar-refractivity contribution is -0.116. The molecule has 130 valence electrons. The Morgan fingerprint density at radius 3 is 2.80 bits per heavy atom. The van der Waals surface area contributed by atoms with E-state index in [1.165, 1.54) is 6.07 Å². The van der Waals surface area contributed by atoms with Gasteiger partial charge in [0.15, 0.2) is 0 Å². The number of fused-ring (bicyclic) bond motifs is 2. The number of amides is 1. The summed E-state index contributed by atoms with van der Waals surface area (Å²) in [6.07, 6.45) is 1.41. The van der Waals surface area contributed by atoms with Crippen molar-refractivity contribution in [1.29, 1.82) is 0 Å². The number of para-hydroxylation sites is 1. The van der Waals surface area contributed by atoms with Gasteiger partial charge in [0.05, 0.1) is 4.90 Å². The van der Waals surface area contributed by atoms with E-state index in [0.717, 1.165) is 16.9 Å². The van der Waals surface area contributed by atoms with Gasteiger partial charge in [0, 0.05) is 25.1 Å². The van der Waals surface area contributed by atoms with E-state index in [9.17, 15) is 13.2 Å². The Balaban J connectivity index is 1.45. The van der Waals surface area contributed by atoms with Gasteiger partial charge in [-0.2, -0.15) is 0 Å². The number of carbonyl (C=O) groups is 1. The van der Waals surface area contributed by atoms with Crippen molar-refractivity contribution in [2.45, 2.75) is 30.3 Å². The third-order valence-electron chi connectivity index (χ3n) is 4.50. The van der Waals surface area contributed by atoms with Gasteiger partial charge in [-0.25, -0.2) is 13.1 Å². The van der Waals surface area contributed by atoms with Gasteiger partial charge < -0.3 is 10.1 Å². The van der Waals surface area contributed by atoms with Crippen LogP contribution in [-0.4, -0.2) is 27.0 Å². The van der Waals surface area contributed by atoms with E-state index in [4.69, 9.17) is 4.74 Å². The van der Waals surface area contributed by atoms with Crippen LogP contribution in [0.2, 0.25) is 0 Å². The Kier molecular flexibility index (Phi) is 3.97. The quantitative estimate of drug-likeness (QED) is 0.874. The molecule has 1 amide bonds. The number of carbonyl (C=O) groups excluding carboxylic acids is 1. The Morgan fingerprint density at radius 1 is 1.12 bits per heavy atom. The van der Waals surface area contributed by atoms with Gasteiger partial charge in [0.1, 0.15) is 11.9 Å². The molecular formula is C18H18N2O4S. The number of hydrogen-bond acceptors (Lipinski definition) is 4. The van der Waals surface area contributed by atoms with Crippen LogP contribution in [0, 0.1) is 0 Å². The first-order valence-electron chi connectivity index (χ1n) is 8.18. The summed E-state index contributed by atoms with van der Waals surface area (Å²) in [6, 6.07) is 12.5. The molecule has 2 aliphatic heterocycles. The maximum atomic E-state index is 12.6. The molecule has 6 nitrogen and oxygen atoms in total. The maximum absolute atomic E-state index is 12.6. The molecule has 2 N–H and O–H groups in total. The molecule has 0 saturated heterocycles. The predicted octanol–water partition coefficient (Wildman–Crippen LogP) is 1.85. The topological polar surface area (TPSA) is 84.5 Å². The van der Waals surface area contributed by atoms with Crippen molar-refractivity contribution in [3.8, 4) is 5.75 Å². The highest BCUT2D eigenvalue weighted by Gasteiger charge is 2.25. The van der Waals surface area contributed by atoms with E-state index in [2.05, 4.69) is 10.0 Å². The fraction of sp³-hybridized carbons (Fsp3) is 0.278. The summed E-state index contributed by atoms with van der Waals surface area (Å²) in [5, 5.41) is 2.75. The van der Waals surface area contributed by atoms with Crippen LogP contribution in [0.3, 0.4) is 0 Å². The third-order valence-corrected chi connectivity index (χ3v) is 5.92. The van der Waals surface area contributed by atoms with Gasteiger partial charge in [-0.05, 0) is 41.8 Å². The van der Waals surface area contributed by atoms with Crippen molar-refractivity contribution in [3.05, 3.63) is 53.6 Å². The number of anilines is 1. The van der Waals surface area contributed by atoms with Gasteiger partial charge in [-0.3, -0.25) is 4.79 Å². The minimum absolute atomic E-state index is 0.0424. The van der Waals surface area contributed by atoms with Gasteiger partial charge in [-0.1, -0.05) is 18.2 Å². The van der Waals surface area contributed by atoms with Gasteiger partial charge in [0.25, 0.3) is 0 Å². The summed E-state index contributed by atoms with van der Waals surface area (Å²) in [4.78, 5) is 11.6. The number of nitrogens with one attached hydrogen (secondary N) is 2. The number of benzene rings is 2. The lowest BCUT2D eigenvalue weighted by Gasteiger charge is -2.18. The second-order valence-electron chi connectivity index (χ2n) is 6.27. The number of ether oxygens (including phenoxy) is 1. The highest BCUT2D eigenvalue weighted by atomic mass is 32.2. The number of sulfonamides is 1. The molecule has 0 unspecified atom stereocenters. The molecule has 0 aliphatic carbocycles. The number of rotatable bonds is 4. The SMILES string of the molecule is O=C1CCc2cc(S(=O)(=O)NC[C@@H]3Cc4ccccc4O3)ccc2N1. The van der Waals surface area contributed by atoms with E-state index < -0.39 is 10.0 Å². The fourth-order valence-electron chi connectivity index (χ4n) is 3.18. The van der Waals surface area contributed by atoms with Crippen LogP contribution in [0.5, 0.6) is 5.75 Å². The average Bonchev–Trinajstić information content (AvgIpc) is 3.02. The third kappa shape index (κ3) is 3.25. The van der Waals surface area contributed by atoms with Crippen LogP contribution in [0.1, 0.15) is 17.5 Å².